The first-order valence-electron chi connectivity index (χ1n) is 9.83. The predicted octanol–water partition coefficient (Wildman–Crippen LogP) is 4.33. The van der Waals surface area contributed by atoms with Crippen LogP contribution in [0.25, 0.3) is 6.08 Å². The minimum atomic E-state index is -1.04. The fraction of sp³-hybridized carbons (Fsp3) is 0.217. The average Bonchev–Trinajstić information content (AvgIpc) is 3.09. The molecule has 2 amide bonds. The van der Waals surface area contributed by atoms with Gasteiger partial charge in [0.25, 0.3) is 11.1 Å². The fourth-order valence-corrected chi connectivity index (χ4v) is 4.64. The number of carbonyl (C=O) groups is 4. The van der Waals surface area contributed by atoms with E-state index in [9.17, 15) is 19.2 Å². The van der Waals surface area contributed by atoms with Crippen LogP contribution in [0.1, 0.15) is 28.4 Å². The number of thioether (sulfide) groups is 1. The number of benzene rings is 2. The minimum absolute atomic E-state index is 0.0970. The van der Waals surface area contributed by atoms with Crippen LogP contribution < -0.4 is 9.47 Å². The topological polar surface area (TPSA) is 119 Å². The molecule has 0 aromatic heterocycles. The highest BCUT2D eigenvalue weighted by molar-refractivity contribution is 9.10. The summed E-state index contributed by atoms with van der Waals surface area (Å²) in [6.45, 7) is 1.52. The highest BCUT2D eigenvalue weighted by Crippen LogP contribution is 2.40. The average molecular weight is 550 g/mol. The van der Waals surface area contributed by atoms with E-state index in [-0.39, 0.29) is 17.1 Å². The number of halogens is 1. The lowest BCUT2D eigenvalue weighted by Gasteiger charge is -2.18. The Morgan fingerprint density at radius 2 is 1.94 bits per heavy atom. The Balaban J connectivity index is 1.83. The van der Waals surface area contributed by atoms with E-state index in [1.165, 1.54) is 39.4 Å². The van der Waals surface area contributed by atoms with Crippen LogP contribution in [0.3, 0.4) is 0 Å². The summed E-state index contributed by atoms with van der Waals surface area (Å²) in [5.41, 5.74) is 1.37. The van der Waals surface area contributed by atoms with Crippen molar-refractivity contribution in [2.45, 2.75) is 19.6 Å². The number of imide groups is 1. The number of carboxylic acid groups (broad SMARTS) is 1. The summed E-state index contributed by atoms with van der Waals surface area (Å²) in [5, 5.41) is 8.58. The zero-order valence-electron chi connectivity index (χ0n) is 18.4. The number of rotatable bonds is 8. The summed E-state index contributed by atoms with van der Waals surface area (Å²) in [6, 6.07) is 8.65. The third-order valence-corrected chi connectivity index (χ3v) is 6.33. The second-order valence-corrected chi connectivity index (χ2v) is 8.93. The van der Waals surface area contributed by atoms with Crippen molar-refractivity contribution in [3.05, 3.63) is 62.5 Å². The molecule has 0 bridgehead atoms. The van der Waals surface area contributed by atoms with Crippen LogP contribution in [0.5, 0.6) is 11.5 Å². The van der Waals surface area contributed by atoms with Gasteiger partial charge in [0.05, 0.1) is 29.2 Å². The van der Waals surface area contributed by atoms with Crippen LogP contribution in [-0.2, 0) is 20.9 Å². The number of hydrogen-bond acceptors (Lipinski definition) is 8. The molecule has 1 fully saturated rings. The maximum Gasteiger partial charge on any atom is 0.335 e. The molecule has 9 nitrogen and oxygen atoms in total. The number of amides is 2. The van der Waals surface area contributed by atoms with Crippen molar-refractivity contribution in [1.82, 2.24) is 4.90 Å². The van der Waals surface area contributed by atoms with Crippen molar-refractivity contribution in [2.75, 3.05) is 14.2 Å². The van der Waals surface area contributed by atoms with Crippen LogP contribution >= 0.6 is 27.7 Å². The quantitative estimate of drug-likeness (QED) is 0.378. The zero-order valence-corrected chi connectivity index (χ0v) is 20.8. The Hall–Kier alpha value is -3.31. The number of carbonyl (C=O) groups excluding carboxylic acids is 3. The van der Waals surface area contributed by atoms with E-state index in [0.717, 1.165) is 16.7 Å². The Bertz CT molecular complexity index is 1200. The molecule has 0 saturated carbocycles. The van der Waals surface area contributed by atoms with Crippen LogP contribution in [0.4, 0.5) is 4.79 Å². The first kappa shape index (κ1) is 25.3. The van der Waals surface area contributed by atoms with Gasteiger partial charge in [-0.25, -0.2) is 9.59 Å². The SMILES string of the molecule is COC(=O)[C@H](C)N1C(=O)S/C(=C/c2cc(Br)c(OCc3cccc(C(=O)O)c3)c(OC)c2)C1=O. The Labute approximate surface area is 207 Å². The number of aromatic carboxylic acids is 1. The van der Waals surface area contributed by atoms with Gasteiger partial charge in [-0.2, -0.15) is 0 Å². The maximum absolute atomic E-state index is 12.7. The first-order valence-corrected chi connectivity index (χ1v) is 11.4. The molecule has 1 aliphatic heterocycles. The molecule has 1 aliphatic rings. The summed E-state index contributed by atoms with van der Waals surface area (Å²) >= 11 is 4.15. The normalized spacial score (nSPS) is 15.4. The van der Waals surface area contributed by atoms with Gasteiger partial charge in [-0.1, -0.05) is 12.1 Å². The van der Waals surface area contributed by atoms with Crippen molar-refractivity contribution >= 4 is 56.9 Å². The molecule has 11 heteroatoms. The van der Waals surface area contributed by atoms with Crippen LogP contribution in [-0.4, -0.2) is 53.4 Å². The molecule has 0 radical (unpaired) electrons. The van der Waals surface area contributed by atoms with Gasteiger partial charge in [0.15, 0.2) is 11.5 Å². The van der Waals surface area contributed by atoms with Gasteiger partial charge in [0.2, 0.25) is 0 Å². The van der Waals surface area contributed by atoms with Gasteiger partial charge in [-0.15, -0.1) is 0 Å². The minimum Gasteiger partial charge on any atom is -0.493 e. The van der Waals surface area contributed by atoms with Crippen LogP contribution in [0, 0.1) is 0 Å². The molecule has 0 unspecified atom stereocenters. The molecule has 2 aromatic carbocycles. The molecule has 1 saturated heterocycles. The third-order valence-electron chi connectivity index (χ3n) is 4.86. The molecule has 1 atom stereocenters. The zero-order chi connectivity index (χ0) is 25.0. The van der Waals surface area contributed by atoms with Gasteiger partial charge in [-0.3, -0.25) is 14.5 Å². The molecule has 1 heterocycles. The van der Waals surface area contributed by atoms with Crippen molar-refractivity contribution in [2.24, 2.45) is 0 Å². The Morgan fingerprint density at radius 3 is 2.59 bits per heavy atom. The third kappa shape index (κ3) is 5.42. The van der Waals surface area contributed by atoms with E-state index in [0.29, 0.717) is 27.1 Å². The summed E-state index contributed by atoms with van der Waals surface area (Å²) in [6.07, 6.45) is 1.52. The maximum atomic E-state index is 12.7. The molecular weight excluding hydrogens is 530 g/mol. The number of ether oxygens (including phenoxy) is 3. The number of esters is 1. The number of nitrogens with zero attached hydrogens (tertiary/aromatic N) is 1. The number of methoxy groups -OCH3 is 2. The Morgan fingerprint density at radius 1 is 1.21 bits per heavy atom. The molecule has 34 heavy (non-hydrogen) atoms. The summed E-state index contributed by atoms with van der Waals surface area (Å²) < 4.78 is 16.4. The lowest BCUT2D eigenvalue weighted by Crippen LogP contribution is -2.42. The van der Waals surface area contributed by atoms with Crippen molar-refractivity contribution in [3.63, 3.8) is 0 Å². The lowest BCUT2D eigenvalue weighted by atomic mass is 10.1. The second-order valence-electron chi connectivity index (χ2n) is 7.08. The van der Waals surface area contributed by atoms with Gasteiger partial charge in [-0.05, 0) is 76.1 Å². The molecule has 2 aromatic rings. The van der Waals surface area contributed by atoms with E-state index in [2.05, 4.69) is 20.7 Å². The standard InChI is InChI=1S/C23H20BrNO8S/c1-12(22(29)32-3)25-20(26)18(34-23(25)30)10-14-8-16(24)19(17(9-14)31-2)33-11-13-5-4-6-15(7-13)21(27)28/h4-10,12H,11H2,1-3H3,(H,27,28)/b18-10+/t12-/m0/s1. The highest BCUT2D eigenvalue weighted by Gasteiger charge is 2.41. The van der Waals surface area contributed by atoms with Gasteiger partial charge in [0, 0.05) is 0 Å². The molecule has 3 rings (SSSR count). The van der Waals surface area contributed by atoms with Gasteiger partial charge >= 0.3 is 11.9 Å². The first-order chi connectivity index (χ1) is 16.2. The molecular formula is C23H20BrNO8S. The van der Waals surface area contributed by atoms with Crippen molar-refractivity contribution in [3.8, 4) is 11.5 Å². The van der Waals surface area contributed by atoms with Crippen molar-refractivity contribution in [1.29, 1.82) is 0 Å². The van der Waals surface area contributed by atoms with E-state index in [1.54, 1.807) is 24.3 Å². The van der Waals surface area contributed by atoms with E-state index >= 15 is 0 Å². The summed E-state index contributed by atoms with van der Waals surface area (Å²) in [7, 11) is 2.64. The van der Waals surface area contributed by atoms with E-state index < -0.39 is 29.1 Å². The molecule has 178 valence electrons. The van der Waals surface area contributed by atoms with E-state index in [4.69, 9.17) is 14.6 Å². The molecule has 0 spiro atoms. The van der Waals surface area contributed by atoms with Gasteiger partial charge < -0.3 is 19.3 Å². The number of hydrogen-bond donors (Lipinski definition) is 1. The lowest BCUT2D eigenvalue weighted by molar-refractivity contribution is -0.148. The molecule has 1 N–H and O–H groups in total. The monoisotopic (exact) mass is 549 g/mol. The second kappa shape index (κ2) is 10.7. The van der Waals surface area contributed by atoms with Crippen molar-refractivity contribution < 1.29 is 38.5 Å². The predicted molar refractivity (Wildman–Crippen MR) is 128 cm³/mol. The number of carboxylic acids is 1. The fourth-order valence-electron chi connectivity index (χ4n) is 3.15. The summed E-state index contributed by atoms with van der Waals surface area (Å²) in [5.74, 6) is -1.58. The van der Waals surface area contributed by atoms with Gasteiger partial charge in [0.1, 0.15) is 12.6 Å². The van der Waals surface area contributed by atoms with E-state index in [1.807, 2.05) is 0 Å². The summed E-state index contributed by atoms with van der Waals surface area (Å²) in [4.78, 5) is 49.0. The van der Waals surface area contributed by atoms with Crippen LogP contribution in [0.15, 0.2) is 45.8 Å². The smallest absolute Gasteiger partial charge is 0.335 e. The highest BCUT2D eigenvalue weighted by atomic mass is 79.9. The van der Waals surface area contributed by atoms with Crippen LogP contribution in [0.2, 0.25) is 0 Å². The largest absolute Gasteiger partial charge is 0.493 e. The molecule has 0 aliphatic carbocycles. The Kier molecular flexibility index (Phi) is 8.00.